The number of imidazole rings is 1. The molecule has 5 N–H and O–H groups in total. The number of nitrogens with two attached hydrogens (primary N) is 1. The van der Waals surface area contributed by atoms with Crippen molar-refractivity contribution in [3.8, 4) is 22.8 Å². The summed E-state index contributed by atoms with van der Waals surface area (Å²) in [5, 5.41) is 18.5. The number of rotatable bonds is 1. The minimum absolute atomic E-state index is 0.153. The van der Waals surface area contributed by atoms with E-state index >= 15 is 0 Å². The van der Waals surface area contributed by atoms with Crippen molar-refractivity contribution in [3.63, 3.8) is 0 Å². The summed E-state index contributed by atoms with van der Waals surface area (Å²) in [7, 11) is 0. The molecule has 1 aromatic carbocycles. The lowest BCUT2D eigenvalue weighted by Crippen LogP contribution is -1.85. The molecule has 0 aliphatic rings. The maximum atomic E-state index is 9.34. The summed E-state index contributed by atoms with van der Waals surface area (Å²) in [6.45, 7) is 1.84. The molecule has 2 aromatic rings. The normalized spacial score (nSPS) is 10.5. The van der Waals surface area contributed by atoms with Gasteiger partial charge in [0.2, 0.25) is 0 Å². The molecule has 0 bridgehead atoms. The largest absolute Gasteiger partial charge is 0.504 e. The van der Waals surface area contributed by atoms with Crippen LogP contribution in [0.5, 0.6) is 11.5 Å². The number of hydrogen-bond donors (Lipinski definition) is 4. The van der Waals surface area contributed by atoms with Crippen molar-refractivity contribution in [3.05, 3.63) is 23.9 Å². The molecule has 1 aromatic heterocycles. The number of aromatic amines is 1. The molecular formula is C10H11N3O2. The van der Waals surface area contributed by atoms with Gasteiger partial charge >= 0.3 is 0 Å². The fraction of sp³-hybridized carbons (Fsp3) is 0.100. The van der Waals surface area contributed by atoms with Gasteiger partial charge in [0.15, 0.2) is 17.4 Å². The number of phenolic OH excluding ortho intramolecular Hbond substituents is 2. The number of nitrogens with one attached hydrogen (secondary N) is 1. The third kappa shape index (κ3) is 1.59. The van der Waals surface area contributed by atoms with Crippen LogP contribution < -0.4 is 5.73 Å². The maximum Gasteiger partial charge on any atom is 0.198 e. The lowest BCUT2D eigenvalue weighted by molar-refractivity contribution is 0.404. The maximum absolute atomic E-state index is 9.34. The van der Waals surface area contributed by atoms with Crippen LogP contribution >= 0.6 is 0 Å². The molecule has 5 heteroatoms. The smallest absolute Gasteiger partial charge is 0.198 e. The van der Waals surface area contributed by atoms with Crippen LogP contribution in [0.25, 0.3) is 11.3 Å². The molecule has 15 heavy (non-hydrogen) atoms. The summed E-state index contributed by atoms with van der Waals surface area (Å²) in [6, 6.07) is 4.52. The van der Waals surface area contributed by atoms with Crippen molar-refractivity contribution in [1.82, 2.24) is 9.97 Å². The van der Waals surface area contributed by atoms with E-state index in [2.05, 4.69) is 9.97 Å². The second-order valence-electron chi connectivity index (χ2n) is 3.30. The molecule has 0 aliphatic carbocycles. The lowest BCUT2D eigenvalue weighted by atomic mass is 10.1. The van der Waals surface area contributed by atoms with Gasteiger partial charge in [0.05, 0.1) is 5.69 Å². The van der Waals surface area contributed by atoms with Crippen molar-refractivity contribution in [1.29, 1.82) is 0 Å². The fourth-order valence-electron chi connectivity index (χ4n) is 1.44. The first-order valence-corrected chi connectivity index (χ1v) is 4.42. The van der Waals surface area contributed by atoms with E-state index in [0.29, 0.717) is 17.2 Å². The summed E-state index contributed by atoms with van der Waals surface area (Å²) in [4.78, 5) is 6.94. The zero-order chi connectivity index (χ0) is 11.0. The molecule has 0 amide bonds. The number of nitrogens with zero attached hydrogens (tertiary/aromatic N) is 1. The highest BCUT2D eigenvalue weighted by Crippen LogP contribution is 2.31. The van der Waals surface area contributed by atoms with Crippen molar-refractivity contribution in [2.75, 3.05) is 5.73 Å². The molecule has 2 rings (SSSR count). The summed E-state index contributed by atoms with van der Waals surface area (Å²) in [5.74, 6) is 0.00319. The monoisotopic (exact) mass is 205 g/mol. The number of nitrogen functional groups attached to an aromatic ring is 1. The van der Waals surface area contributed by atoms with Crippen molar-refractivity contribution in [2.24, 2.45) is 0 Å². The van der Waals surface area contributed by atoms with Gasteiger partial charge in [0, 0.05) is 11.3 Å². The van der Waals surface area contributed by atoms with Crippen LogP contribution in [0.4, 0.5) is 5.95 Å². The van der Waals surface area contributed by atoms with E-state index in [0.717, 1.165) is 5.69 Å². The van der Waals surface area contributed by atoms with E-state index in [1.54, 1.807) is 6.07 Å². The molecule has 0 saturated carbocycles. The third-order valence-corrected chi connectivity index (χ3v) is 2.15. The lowest BCUT2D eigenvalue weighted by Gasteiger charge is -2.01. The average molecular weight is 205 g/mol. The number of aromatic nitrogens is 2. The minimum Gasteiger partial charge on any atom is -0.504 e. The topological polar surface area (TPSA) is 95.2 Å². The molecular weight excluding hydrogens is 194 g/mol. The standard InChI is InChI=1S/C10H11N3O2/c1-5-9(13-10(11)12-5)6-2-3-7(14)8(15)4-6/h2-4,14-15H,1H3,(H3,11,12,13). The van der Waals surface area contributed by atoms with Crippen molar-refractivity contribution >= 4 is 5.95 Å². The van der Waals surface area contributed by atoms with Gasteiger partial charge < -0.3 is 20.9 Å². The SMILES string of the molecule is Cc1[nH]c(N)nc1-c1ccc(O)c(O)c1. The molecule has 78 valence electrons. The molecule has 5 nitrogen and oxygen atoms in total. The number of hydrogen-bond acceptors (Lipinski definition) is 4. The molecule has 0 saturated heterocycles. The number of aromatic hydroxyl groups is 2. The number of anilines is 1. The first-order valence-electron chi connectivity index (χ1n) is 4.42. The van der Waals surface area contributed by atoms with E-state index in [4.69, 9.17) is 10.8 Å². The van der Waals surface area contributed by atoms with Gasteiger partial charge in [-0.05, 0) is 25.1 Å². The Morgan fingerprint density at radius 2 is 2.00 bits per heavy atom. The zero-order valence-corrected chi connectivity index (χ0v) is 8.15. The van der Waals surface area contributed by atoms with Crippen molar-refractivity contribution < 1.29 is 10.2 Å². The van der Waals surface area contributed by atoms with Crippen LogP contribution in [-0.2, 0) is 0 Å². The predicted molar refractivity (Wildman–Crippen MR) is 56.5 cm³/mol. The van der Waals surface area contributed by atoms with Gasteiger partial charge in [-0.25, -0.2) is 4.98 Å². The van der Waals surface area contributed by atoms with Gasteiger partial charge in [-0.3, -0.25) is 0 Å². The van der Waals surface area contributed by atoms with Crippen LogP contribution in [0, 0.1) is 6.92 Å². The Balaban J connectivity index is 2.54. The summed E-state index contributed by atoms with van der Waals surface area (Å²) in [6.07, 6.45) is 0. The van der Waals surface area contributed by atoms with Crippen LogP contribution in [0.3, 0.4) is 0 Å². The van der Waals surface area contributed by atoms with Gasteiger partial charge in [-0.2, -0.15) is 0 Å². The van der Waals surface area contributed by atoms with Gasteiger partial charge in [0.1, 0.15) is 0 Å². The van der Waals surface area contributed by atoms with Crippen LogP contribution in [0.1, 0.15) is 5.69 Å². The number of aryl methyl sites for hydroxylation is 1. The summed E-state index contributed by atoms with van der Waals surface area (Å²) < 4.78 is 0. The van der Waals surface area contributed by atoms with E-state index in [-0.39, 0.29) is 11.5 Å². The zero-order valence-electron chi connectivity index (χ0n) is 8.15. The summed E-state index contributed by atoms with van der Waals surface area (Å²) in [5.41, 5.74) is 7.70. The minimum atomic E-state index is -0.173. The third-order valence-electron chi connectivity index (χ3n) is 2.15. The predicted octanol–water partition coefficient (Wildman–Crippen LogP) is 1.38. The quantitative estimate of drug-likeness (QED) is 0.529. The average Bonchev–Trinajstić information content (AvgIpc) is 2.50. The van der Waals surface area contributed by atoms with Gasteiger partial charge in [-0.15, -0.1) is 0 Å². The summed E-state index contributed by atoms with van der Waals surface area (Å²) >= 11 is 0. The Morgan fingerprint density at radius 3 is 2.53 bits per heavy atom. The Bertz CT molecular complexity index is 505. The fourth-order valence-corrected chi connectivity index (χ4v) is 1.44. The second-order valence-corrected chi connectivity index (χ2v) is 3.30. The molecule has 0 unspecified atom stereocenters. The Labute approximate surface area is 86.2 Å². The van der Waals surface area contributed by atoms with Crippen LogP contribution in [0.2, 0.25) is 0 Å². The number of phenols is 2. The molecule has 0 fully saturated rings. The van der Waals surface area contributed by atoms with Gasteiger partial charge in [-0.1, -0.05) is 0 Å². The van der Waals surface area contributed by atoms with E-state index in [1.165, 1.54) is 12.1 Å². The molecule has 0 radical (unpaired) electrons. The second kappa shape index (κ2) is 3.20. The molecule has 1 heterocycles. The Kier molecular flexibility index (Phi) is 2.00. The number of benzene rings is 1. The highest BCUT2D eigenvalue weighted by atomic mass is 16.3. The van der Waals surface area contributed by atoms with E-state index in [1.807, 2.05) is 6.92 Å². The Morgan fingerprint density at radius 1 is 1.27 bits per heavy atom. The molecule has 0 atom stereocenters. The van der Waals surface area contributed by atoms with Crippen molar-refractivity contribution in [2.45, 2.75) is 6.92 Å². The van der Waals surface area contributed by atoms with Crippen LogP contribution in [0.15, 0.2) is 18.2 Å². The van der Waals surface area contributed by atoms with Crippen LogP contribution in [-0.4, -0.2) is 20.2 Å². The van der Waals surface area contributed by atoms with E-state index < -0.39 is 0 Å². The van der Waals surface area contributed by atoms with Gasteiger partial charge in [0.25, 0.3) is 0 Å². The highest BCUT2D eigenvalue weighted by molar-refractivity contribution is 5.66. The highest BCUT2D eigenvalue weighted by Gasteiger charge is 2.09. The number of H-pyrrole nitrogens is 1. The molecule has 0 aliphatic heterocycles. The Hall–Kier alpha value is -2.17. The van der Waals surface area contributed by atoms with E-state index in [9.17, 15) is 5.11 Å². The first kappa shape index (κ1) is 9.39. The molecule has 0 spiro atoms. The first-order chi connectivity index (χ1) is 7.08.